The van der Waals surface area contributed by atoms with Gasteiger partial charge in [0.1, 0.15) is 0 Å². The van der Waals surface area contributed by atoms with Gasteiger partial charge in [-0.05, 0) is 76.3 Å². The second kappa shape index (κ2) is 18.4. The van der Waals surface area contributed by atoms with E-state index in [0.717, 1.165) is 35.5 Å². The number of unbranched alkanes of at least 4 members (excludes halogenated alkanes) is 3. The maximum Gasteiger partial charge on any atom is 0.881 e. The van der Waals surface area contributed by atoms with Crippen LogP contribution in [0.4, 0.5) is 0 Å². The lowest BCUT2D eigenvalue weighted by Gasteiger charge is -2.39. The molecule has 0 N–H and O–H groups in total. The number of aryl methyl sites for hydroxylation is 1. The van der Waals surface area contributed by atoms with E-state index in [1.165, 1.54) is 91.4 Å². The third-order valence-electron chi connectivity index (χ3n) is 10.0. The highest BCUT2D eigenvalue weighted by Crippen LogP contribution is 2.39. The summed E-state index contributed by atoms with van der Waals surface area (Å²) in [5.41, 5.74) is 7.12. The smallest absolute Gasteiger partial charge is 0.615 e. The van der Waals surface area contributed by atoms with Crippen molar-refractivity contribution in [3.8, 4) is 11.5 Å². The Morgan fingerprint density at radius 1 is 0.592 bits per heavy atom. The summed E-state index contributed by atoms with van der Waals surface area (Å²) in [5, 5.41) is 0. The monoisotopic (exact) mass is 688 g/mol. The minimum absolute atomic E-state index is 0.0101. The Morgan fingerprint density at radius 2 is 1.04 bits per heavy atom. The molecule has 49 heavy (non-hydrogen) atoms. The van der Waals surface area contributed by atoms with Gasteiger partial charge >= 0.3 is 15.9 Å². The quantitative estimate of drug-likeness (QED) is 0.155. The summed E-state index contributed by atoms with van der Waals surface area (Å²) in [6.45, 7) is 33.9. The Bertz CT molecular complexity index is 1370. The molecular weight excluding hydrogens is 617 g/mol. The zero-order valence-electron chi connectivity index (χ0n) is 33.6. The molecule has 0 unspecified atom stereocenters. The minimum Gasteiger partial charge on any atom is -0.615 e. The Morgan fingerprint density at radius 3 is 1.51 bits per heavy atom. The highest BCUT2D eigenvalue weighted by Gasteiger charge is 2.29. The van der Waals surface area contributed by atoms with Gasteiger partial charge in [-0.2, -0.15) is 0 Å². The topological polar surface area (TPSA) is 43.2 Å². The molecule has 1 radical (unpaired) electrons. The average Bonchev–Trinajstić information content (AvgIpc) is 3.04. The van der Waals surface area contributed by atoms with Crippen molar-refractivity contribution in [2.24, 2.45) is 9.98 Å². The van der Waals surface area contributed by atoms with Crippen LogP contribution in [0.2, 0.25) is 0 Å². The maximum absolute atomic E-state index is 6.82. The first-order chi connectivity index (χ1) is 23.0. The number of hydrogen-bond acceptors (Lipinski definition) is 4. The predicted molar refractivity (Wildman–Crippen MR) is 214 cm³/mol. The van der Waals surface area contributed by atoms with Gasteiger partial charge in [-0.1, -0.05) is 114 Å². The van der Waals surface area contributed by atoms with Crippen LogP contribution < -0.4 is 7.58 Å². The lowest BCUT2D eigenvalue weighted by molar-refractivity contribution is -0.929. The number of benzene rings is 2. The highest BCUT2D eigenvalue weighted by atomic mass is 27.2. The molecule has 0 bridgehead atoms. The van der Waals surface area contributed by atoms with Crippen molar-refractivity contribution in [1.29, 1.82) is 0 Å². The molecule has 3 rings (SSSR count). The molecule has 0 aliphatic carbocycles. The van der Waals surface area contributed by atoms with E-state index in [-0.39, 0.29) is 16.2 Å². The van der Waals surface area contributed by atoms with E-state index in [0.29, 0.717) is 13.1 Å². The molecule has 2 aromatic rings. The number of quaternary nitrogens is 1. The van der Waals surface area contributed by atoms with Crippen LogP contribution in [0.5, 0.6) is 11.5 Å². The van der Waals surface area contributed by atoms with E-state index in [4.69, 9.17) is 17.6 Å². The molecule has 0 atom stereocenters. The largest absolute Gasteiger partial charge is 0.881 e. The van der Waals surface area contributed by atoms with Crippen LogP contribution in [0, 0.1) is 0 Å². The number of aliphatic imine (C=N–C) groups is 2. The van der Waals surface area contributed by atoms with Crippen LogP contribution in [0.1, 0.15) is 161 Å². The number of nitrogens with zero attached hydrogens (tertiary/aromatic N) is 3. The molecule has 1 aliphatic heterocycles. The zero-order chi connectivity index (χ0) is 36.3. The third kappa shape index (κ3) is 12.3. The number of rotatable bonds is 13. The number of hydrogen-bond donors (Lipinski definition) is 0. The van der Waals surface area contributed by atoms with Gasteiger partial charge in [0.2, 0.25) is 0 Å². The van der Waals surface area contributed by atoms with Crippen LogP contribution in [0.25, 0.3) is 0 Å². The van der Waals surface area contributed by atoms with Crippen molar-refractivity contribution in [2.75, 3.05) is 39.3 Å². The summed E-state index contributed by atoms with van der Waals surface area (Å²) in [4.78, 5) is 9.71. The molecular formula is C43H70AlN3O2+. The first kappa shape index (κ1) is 41.3. The zero-order valence-corrected chi connectivity index (χ0v) is 34.8. The summed E-state index contributed by atoms with van der Waals surface area (Å²) < 4.78 is 14.8. The van der Waals surface area contributed by atoms with Crippen LogP contribution >= 0.6 is 0 Å². The van der Waals surface area contributed by atoms with Gasteiger partial charge < -0.3 is 12.1 Å². The van der Waals surface area contributed by atoms with Crippen LogP contribution in [-0.2, 0) is 22.7 Å². The van der Waals surface area contributed by atoms with E-state index in [1.807, 2.05) is 12.4 Å². The van der Waals surface area contributed by atoms with Gasteiger partial charge in [-0.15, -0.1) is 0 Å². The minimum atomic E-state index is -0.816. The second-order valence-electron chi connectivity index (χ2n) is 17.5. The lowest BCUT2D eigenvalue weighted by Crippen LogP contribution is -2.50. The fraction of sp³-hybridized carbons (Fsp3) is 0.674. The Balaban J connectivity index is 2.05. The number of fused-ring (bicyclic) bond motifs is 2. The average molecular weight is 688 g/mol. The molecule has 5 nitrogen and oxygen atoms in total. The second-order valence-corrected chi connectivity index (χ2v) is 18.2. The first-order valence-corrected chi connectivity index (χ1v) is 20.3. The molecule has 1 heterocycles. The molecule has 6 heteroatoms. The van der Waals surface area contributed by atoms with E-state index in [2.05, 4.69) is 107 Å². The fourth-order valence-corrected chi connectivity index (χ4v) is 7.55. The van der Waals surface area contributed by atoms with Gasteiger partial charge in [0.15, 0.2) is 0 Å². The van der Waals surface area contributed by atoms with Gasteiger partial charge in [-0.25, -0.2) is 0 Å². The van der Waals surface area contributed by atoms with Crippen molar-refractivity contribution in [3.63, 3.8) is 0 Å². The van der Waals surface area contributed by atoms with Gasteiger partial charge in [0.25, 0.3) is 0 Å². The molecule has 0 fully saturated rings. The summed E-state index contributed by atoms with van der Waals surface area (Å²) in [6, 6.07) is 9.29. The van der Waals surface area contributed by atoms with Crippen LogP contribution in [0.3, 0.4) is 0 Å². The standard InChI is InChI=1S/C43H71N3O2.Al/c1-13-16-23-46(24-17-14-2,25-18-15-3)26-19-20-33-27-36(41(4,5)6)28-34(39(33)47)31-44-21-22-45-32-35-29-37(42(7,8)9)30-38(40(35)48)43(10,11)12;/h27-32H,13-26H2,1-12H3,(H-,44,45,47,48);/q;+2/p-1. The molecule has 0 saturated heterocycles. The summed E-state index contributed by atoms with van der Waals surface area (Å²) in [5.74, 6) is 1.85. The van der Waals surface area contributed by atoms with Crippen LogP contribution in [0.15, 0.2) is 34.3 Å². The molecule has 0 amide bonds. The molecule has 0 saturated carbocycles. The Hall–Kier alpha value is -2.13. The fourth-order valence-electron chi connectivity index (χ4n) is 6.76. The molecule has 2 aromatic carbocycles. The molecule has 1 aliphatic rings. The lowest BCUT2D eigenvalue weighted by atomic mass is 9.79. The van der Waals surface area contributed by atoms with Gasteiger partial charge in [0.05, 0.1) is 50.8 Å². The highest BCUT2D eigenvalue weighted by molar-refractivity contribution is 6.21. The normalized spacial score (nSPS) is 14.4. The van der Waals surface area contributed by atoms with Crippen molar-refractivity contribution in [1.82, 2.24) is 0 Å². The summed E-state index contributed by atoms with van der Waals surface area (Å²) in [7, 11) is 0. The summed E-state index contributed by atoms with van der Waals surface area (Å²) >= 11 is -0.816. The van der Waals surface area contributed by atoms with Crippen molar-refractivity contribution in [3.05, 3.63) is 57.6 Å². The van der Waals surface area contributed by atoms with Gasteiger partial charge in [0, 0.05) is 30.0 Å². The summed E-state index contributed by atoms with van der Waals surface area (Å²) in [6.07, 6.45) is 13.9. The van der Waals surface area contributed by atoms with E-state index in [1.54, 1.807) is 0 Å². The Labute approximate surface area is 308 Å². The van der Waals surface area contributed by atoms with Crippen LogP contribution in [-0.4, -0.2) is 72.1 Å². The van der Waals surface area contributed by atoms with Gasteiger partial charge in [-0.3, -0.25) is 9.98 Å². The molecule has 0 spiro atoms. The Kier molecular flexibility index (Phi) is 15.5. The van der Waals surface area contributed by atoms with Crippen molar-refractivity contribution >= 4 is 28.3 Å². The third-order valence-corrected chi connectivity index (χ3v) is 10.7. The maximum atomic E-state index is 6.82. The van der Waals surface area contributed by atoms with E-state index < -0.39 is 15.9 Å². The first-order valence-electron chi connectivity index (χ1n) is 19.4. The van der Waals surface area contributed by atoms with Crippen molar-refractivity contribution in [2.45, 2.75) is 151 Å². The molecule has 0 aromatic heterocycles. The van der Waals surface area contributed by atoms with Crippen molar-refractivity contribution < 1.29 is 12.1 Å². The predicted octanol–water partition coefficient (Wildman–Crippen LogP) is 10.6. The van der Waals surface area contributed by atoms with E-state index in [9.17, 15) is 0 Å². The van der Waals surface area contributed by atoms with E-state index >= 15 is 0 Å². The molecule has 271 valence electrons. The SMILES string of the molecule is CCCC[N+](CCCC)(CCCC)CCCc1cc(C(C)(C)C)cc2c1[O][Al][O]c1c(cc(C(C)(C)C)cc1C(C)(C)C)C=NCCN=C2.